The summed E-state index contributed by atoms with van der Waals surface area (Å²) in [5.41, 5.74) is 3.87. The van der Waals surface area contributed by atoms with Gasteiger partial charge in [0, 0.05) is 29.6 Å². The van der Waals surface area contributed by atoms with E-state index >= 15 is 0 Å². The van der Waals surface area contributed by atoms with Gasteiger partial charge in [-0.05, 0) is 42.8 Å². The first kappa shape index (κ1) is 21.3. The number of carbonyl (C=O) groups excluding carboxylic acids is 1. The summed E-state index contributed by atoms with van der Waals surface area (Å²) >= 11 is 0. The zero-order valence-corrected chi connectivity index (χ0v) is 18.2. The molecule has 32 heavy (non-hydrogen) atoms. The second-order valence-electron chi connectivity index (χ2n) is 7.31. The molecule has 0 aliphatic heterocycles. The molecule has 7 nitrogen and oxygen atoms in total. The maximum atomic E-state index is 13.4. The van der Waals surface area contributed by atoms with Crippen molar-refractivity contribution < 1.29 is 13.2 Å². The SMILES string of the molecule is Cc1cccc(-c2ccccc2S(=O)(=O)c2ccc(NC(=O)NCc3cn[nH]c3)cc2)c1. The topological polar surface area (TPSA) is 104 Å². The zero-order valence-electron chi connectivity index (χ0n) is 17.4. The third-order valence-electron chi connectivity index (χ3n) is 4.94. The molecule has 0 radical (unpaired) electrons. The van der Waals surface area contributed by atoms with Crippen molar-refractivity contribution in [3.05, 3.63) is 96.3 Å². The molecule has 0 saturated carbocycles. The smallest absolute Gasteiger partial charge is 0.319 e. The quantitative estimate of drug-likeness (QED) is 0.404. The molecule has 1 aromatic heterocycles. The number of aryl methyl sites for hydroxylation is 1. The Morgan fingerprint density at radius 2 is 1.78 bits per heavy atom. The number of aromatic amines is 1. The van der Waals surface area contributed by atoms with Crippen LogP contribution < -0.4 is 10.6 Å². The van der Waals surface area contributed by atoms with Crippen LogP contribution in [0.2, 0.25) is 0 Å². The molecular formula is C24H22N4O3S. The highest BCUT2D eigenvalue weighted by Crippen LogP contribution is 2.32. The molecule has 0 aliphatic carbocycles. The Kier molecular flexibility index (Phi) is 6.04. The summed E-state index contributed by atoms with van der Waals surface area (Å²) in [4.78, 5) is 12.5. The standard InChI is InChI=1S/C24H22N4O3S/c1-17-5-4-6-19(13-17)22-7-2-3-8-23(22)32(30,31)21-11-9-20(10-12-21)28-24(29)25-14-18-15-26-27-16-18/h2-13,15-16H,14H2,1H3,(H,26,27)(H2,25,28,29). The minimum Gasteiger partial charge on any atom is -0.334 e. The maximum absolute atomic E-state index is 13.4. The number of benzene rings is 3. The largest absolute Gasteiger partial charge is 0.334 e. The monoisotopic (exact) mass is 446 g/mol. The first-order valence-electron chi connectivity index (χ1n) is 9.97. The molecule has 0 saturated heterocycles. The summed E-state index contributed by atoms with van der Waals surface area (Å²) in [5.74, 6) is 0. The number of anilines is 1. The summed E-state index contributed by atoms with van der Waals surface area (Å²) in [5, 5.41) is 11.9. The highest BCUT2D eigenvalue weighted by molar-refractivity contribution is 7.91. The molecule has 0 atom stereocenters. The highest BCUT2D eigenvalue weighted by atomic mass is 32.2. The molecule has 0 aliphatic rings. The van der Waals surface area contributed by atoms with Gasteiger partial charge >= 0.3 is 6.03 Å². The van der Waals surface area contributed by atoms with Gasteiger partial charge in [0.1, 0.15) is 0 Å². The Hall–Kier alpha value is -3.91. The number of H-pyrrole nitrogens is 1. The van der Waals surface area contributed by atoms with Crippen molar-refractivity contribution in [1.29, 1.82) is 0 Å². The normalized spacial score (nSPS) is 11.2. The summed E-state index contributed by atoms with van der Waals surface area (Å²) in [6.07, 6.45) is 3.31. The van der Waals surface area contributed by atoms with Crippen molar-refractivity contribution >= 4 is 21.6 Å². The Labute approximate surface area is 186 Å². The minimum absolute atomic E-state index is 0.155. The van der Waals surface area contributed by atoms with E-state index in [-0.39, 0.29) is 9.79 Å². The number of nitrogens with zero attached hydrogens (tertiary/aromatic N) is 1. The van der Waals surface area contributed by atoms with Crippen LogP contribution >= 0.6 is 0 Å². The van der Waals surface area contributed by atoms with Crippen molar-refractivity contribution in [3.63, 3.8) is 0 Å². The van der Waals surface area contributed by atoms with Gasteiger partial charge in [-0.1, -0.05) is 48.0 Å². The van der Waals surface area contributed by atoms with Crippen LogP contribution in [-0.4, -0.2) is 24.6 Å². The Bertz CT molecular complexity index is 1330. The van der Waals surface area contributed by atoms with Crippen molar-refractivity contribution in [2.45, 2.75) is 23.3 Å². The maximum Gasteiger partial charge on any atom is 0.319 e. The first-order chi connectivity index (χ1) is 15.4. The molecule has 3 aromatic carbocycles. The number of hydrogen-bond donors (Lipinski definition) is 3. The molecule has 1 heterocycles. The predicted octanol–water partition coefficient (Wildman–Crippen LogP) is 4.54. The minimum atomic E-state index is -3.75. The van der Waals surface area contributed by atoms with Crippen molar-refractivity contribution in [1.82, 2.24) is 15.5 Å². The van der Waals surface area contributed by atoms with E-state index in [2.05, 4.69) is 20.8 Å². The summed E-state index contributed by atoms with van der Waals surface area (Å²) in [7, 11) is -3.75. The number of carbonyl (C=O) groups is 1. The molecule has 0 unspecified atom stereocenters. The molecule has 162 valence electrons. The number of hydrogen-bond acceptors (Lipinski definition) is 4. The number of sulfone groups is 1. The second kappa shape index (κ2) is 9.07. The number of nitrogens with one attached hydrogen (secondary N) is 3. The molecule has 3 N–H and O–H groups in total. The number of urea groups is 1. The van der Waals surface area contributed by atoms with Gasteiger partial charge in [0.25, 0.3) is 0 Å². The average molecular weight is 447 g/mol. The summed E-state index contributed by atoms with van der Waals surface area (Å²) in [6, 6.07) is 20.4. The van der Waals surface area contributed by atoms with E-state index in [1.54, 1.807) is 36.7 Å². The summed E-state index contributed by atoms with van der Waals surface area (Å²) in [6.45, 7) is 2.29. The van der Waals surface area contributed by atoms with Crippen LogP contribution in [0.15, 0.2) is 95.0 Å². The second-order valence-corrected chi connectivity index (χ2v) is 9.23. The third kappa shape index (κ3) is 4.70. The fourth-order valence-electron chi connectivity index (χ4n) is 3.33. The lowest BCUT2D eigenvalue weighted by atomic mass is 10.0. The fraction of sp³-hybridized carbons (Fsp3) is 0.0833. The number of amides is 2. The predicted molar refractivity (Wildman–Crippen MR) is 123 cm³/mol. The molecule has 8 heteroatoms. The first-order valence-corrected chi connectivity index (χ1v) is 11.5. The number of rotatable bonds is 6. The van der Waals surface area contributed by atoms with Gasteiger partial charge in [0.15, 0.2) is 0 Å². The van der Waals surface area contributed by atoms with E-state index in [0.717, 1.165) is 16.7 Å². The van der Waals surface area contributed by atoms with Gasteiger partial charge in [-0.2, -0.15) is 5.10 Å². The Morgan fingerprint density at radius 3 is 2.50 bits per heavy atom. The summed E-state index contributed by atoms with van der Waals surface area (Å²) < 4.78 is 26.7. The lowest BCUT2D eigenvalue weighted by Gasteiger charge is -2.12. The van der Waals surface area contributed by atoms with Gasteiger partial charge in [-0.3, -0.25) is 5.10 Å². The average Bonchev–Trinajstić information content (AvgIpc) is 3.32. The molecule has 4 rings (SSSR count). The highest BCUT2D eigenvalue weighted by Gasteiger charge is 2.22. The lowest BCUT2D eigenvalue weighted by molar-refractivity contribution is 0.251. The molecule has 0 fully saturated rings. The van der Waals surface area contributed by atoms with Gasteiger partial charge in [-0.15, -0.1) is 0 Å². The zero-order chi connectivity index (χ0) is 22.6. The van der Waals surface area contributed by atoms with Gasteiger partial charge < -0.3 is 10.6 Å². The molecule has 2 amide bonds. The van der Waals surface area contributed by atoms with Crippen molar-refractivity contribution in [2.24, 2.45) is 0 Å². The van der Waals surface area contributed by atoms with Crippen LogP contribution in [0.1, 0.15) is 11.1 Å². The lowest BCUT2D eigenvalue weighted by Crippen LogP contribution is -2.28. The van der Waals surface area contributed by atoms with E-state index in [4.69, 9.17) is 0 Å². The Balaban J connectivity index is 1.53. The molecule has 0 bridgehead atoms. The van der Waals surface area contributed by atoms with Crippen molar-refractivity contribution in [2.75, 3.05) is 5.32 Å². The van der Waals surface area contributed by atoms with Gasteiger partial charge in [0.2, 0.25) is 9.84 Å². The van der Waals surface area contributed by atoms with E-state index in [9.17, 15) is 13.2 Å². The van der Waals surface area contributed by atoms with Gasteiger partial charge in [0.05, 0.1) is 16.0 Å². The van der Waals surface area contributed by atoms with E-state index < -0.39 is 15.9 Å². The van der Waals surface area contributed by atoms with Crippen LogP contribution in [0.25, 0.3) is 11.1 Å². The van der Waals surface area contributed by atoms with Crippen molar-refractivity contribution in [3.8, 4) is 11.1 Å². The molecular weight excluding hydrogens is 424 g/mol. The van der Waals surface area contributed by atoms with Crippen LogP contribution in [-0.2, 0) is 16.4 Å². The van der Waals surface area contributed by atoms with E-state index in [1.165, 1.54) is 12.1 Å². The van der Waals surface area contributed by atoms with E-state index in [1.807, 2.05) is 43.3 Å². The molecule has 0 spiro atoms. The Morgan fingerprint density at radius 1 is 1.00 bits per heavy atom. The number of aromatic nitrogens is 2. The van der Waals surface area contributed by atoms with Crippen LogP contribution in [0.5, 0.6) is 0 Å². The third-order valence-corrected chi connectivity index (χ3v) is 6.76. The van der Waals surface area contributed by atoms with Gasteiger partial charge in [-0.25, -0.2) is 13.2 Å². The van der Waals surface area contributed by atoms with Crippen LogP contribution in [0.3, 0.4) is 0 Å². The van der Waals surface area contributed by atoms with E-state index in [0.29, 0.717) is 17.8 Å². The molecule has 4 aromatic rings. The fourth-order valence-corrected chi connectivity index (χ4v) is 4.81. The van der Waals surface area contributed by atoms with Crippen LogP contribution in [0.4, 0.5) is 10.5 Å². The van der Waals surface area contributed by atoms with Crippen LogP contribution in [0, 0.1) is 6.92 Å².